The minimum atomic E-state index is -0.369. The zero-order valence-electron chi connectivity index (χ0n) is 14.3. The van der Waals surface area contributed by atoms with E-state index < -0.39 is 0 Å². The van der Waals surface area contributed by atoms with Crippen molar-refractivity contribution in [3.05, 3.63) is 44.3 Å². The molecule has 2 aliphatic rings. The van der Waals surface area contributed by atoms with Crippen LogP contribution in [-0.4, -0.2) is 22.0 Å². The van der Waals surface area contributed by atoms with Gasteiger partial charge in [-0.1, -0.05) is 38.8 Å². The van der Waals surface area contributed by atoms with Crippen LogP contribution >= 0.6 is 11.8 Å². The van der Waals surface area contributed by atoms with Gasteiger partial charge in [-0.15, -0.1) is 0 Å². The molecule has 1 heterocycles. The monoisotopic (exact) mass is 359 g/mol. The van der Waals surface area contributed by atoms with Crippen molar-refractivity contribution in [1.82, 2.24) is 5.32 Å². The molecule has 1 aromatic rings. The fraction of sp³-hybridized carbons (Fsp3) is 0.444. The third kappa shape index (κ3) is 4.10. The van der Waals surface area contributed by atoms with E-state index in [0.717, 1.165) is 12.8 Å². The van der Waals surface area contributed by atoms with E-state index in [2.05, 4.69) is 10.3 Å². The van der Waals surface area contributed by atoms with Crippen LogP contribution in [0.15, 0.2) is 28.1 Å². The normalized spacial score (nSPS) is 21.5. The number of benzene rings is 1. The minimum Gasteiger partial charge on any atom is -0.301 e. The molecule has 0 spiro atoms. The average molecular weight is 359 g/mol. The van der Waals surface area contributed by atoms with Crippen LogP contribution in [0.3, 0.4) is 0 Å². The predicted octanol–water partition coefficient (Wildman–Crippen LogP) is 4.22. The van der Waals surface area contributed by atoms with Crippen molar-refractivity contribution in [3.63, 3.8) is 0 Å². The second kappa shape index (κ2) is 7.39. The van der Waals surface area contributed by atoms with Gasteiger partial charge in [0, 0.05) is 11.6 Å². The molecule has 1 aromatic carbocycles. The van der Waals surface area contributed by atoms with Crippen LogP contribution in [0.25, 0.3) is 6.08 Å². The van der Waals surface area contributed by atoms with Crippen LogP contribution in [0.5, 0.6) is 0 Å². The molecule has 6 nitrogen and oxygen atoms in total. The van der Waals surface area contributed by atoms with Gasteiger partial charge in [0.1, 0.15) is 0 Å². The van der Waals surface area contributed by atoms with Crippen LogP contribution in [0, 0.1) is 10.1 Å². The second-order valence-corrected chi connectivity index (χ2v) is 7.70. The molecule has 0 bridgehead atoms. The fourth-order valence-electron chi connectivity index (χ4n) is 3.14. The predicted molar refractivity (Wildman–Crippen MR) is 101 cm³/mol. The van der Waals surface area contributed by atoms with E-state index in [0.29, 0.717) is 27.2 Å². The zero-order valence-corrected chi connectivity index (χ0v) is 15.1. The van der Waals surface area contributed by atoms with E-state index in [-0.39, 0.29) is 22.4 Å². The summed E-state index contributed by atoms with van der Waals surface area (Å²) in [5.74, 6) is -0.131. The first-order chi connectivity index (χ1) is 11.9. The number of hydrogen-bond acceptors (Lipinski definition) is 5. The summed E-state index contributed by atoms with van der Waals surface area (Å²) < 4.78 is 0. The van der Waals surface area contributed by atoms with Crippen molar-refractivity contribution in [3.8, 4) is 0 Å². The Morgan fingerprint density at radius 3 is 2.72 bits per heavy atom. The molecular formula is C18H21N3O3S. The first-order valence-electron chi connectivity index (χ1n) is 8.51. The lowest BCUT2D eigenvalue weighted by atomic mass is 9.99. The number of nitro benzene ring substituents is 1. The molecule has 0 aromatic heterocycles. The van der Waals surface area contributed by atoms with Gasteiger partial charge in [-0.25, -0.2) is 0 Å². The third-order valence-electron chi connectivity index (χ3n) is 4.45. The van der Waals surface area contributed by atoms with Crippen LogP contribution in [0.4, 0.5) is 5.69 Å². The highest BCUT2D eigenvalue weighted by Crippen LogP contribution is 2.31. The maximum absolute atomic E-state index is 12.1. The van der Waals surface area contributed by atoms with E-state index in [4.69, 9.17) is 0 Å². The van der Waals surface area contributed by atoms with E-state index >= 15 is 0 Å². The van der Waals surface area contributed by atoms with Gasteiger partial charge in [0.2, 0.25) is 0 Å². The molecule has 0 unspecified atom stereocenters. The Morgan fingerprint density at radius 2 is 2.08 bits per heavy atom. The number of rotatable bonds is 4. The number of nitro groups is 1. The Kier molecular flexibility index (Phi) is 5.22. The first-order valence-corrected chi connectivity index (χ1v) is 9.32. The van der Waals surface area contributed by atoms with Crippen molar-refractivity contribution in [1.29, 1.82) is 0 Å². The molecule has 0 radical (unpaired) electrons. The van der Waals surface area contributed by atoms with Gasteiger partial charge in [-0.2, -0.15) is 0 Å². The van der Waals surface area contributed by atoms with E-state index in [9.17, 15) is 14.9 Å². The van der Waals surface area contributed by atoms with Crippen LogP contribution < -0.4 is 5.32 Å². The van der Waals surface area contributed by atoms with Crippen molar-refractivity contribution in [2.75, 3.05) is 0 Å². The Labute approximate surface area is 150 Å². The van der Waals surface area contributed by atoms with Crippen molar-refractivity contribution in [2.24, 2.45) is 4.99 Å². The zero-order chi connectivity index (χ0) is 18.0. The Hall–Kier alpha value is -2.15. The number of amides is 1. The summed E-state index contributed by atoms with van der Waals surface area (Å²) in [5.41, 5.74) is 1.43. The Balaban J connectivity index is 1.84. The highest BCUT2D eigenvalue weighted by atomic mass is 32.2. The highest BCUT2D eigenvalue weighted by Gasteiger charge is 2.26. The number of carbonyl (C=O) groups excluding carboxylic acids is 1. The minimum absolute atomic E-state index is 0.0661. The summed E-state index contributed by atoms with van der Waals surface area (Å²) in [6.07, 6.45) is 6.21. The number of nitrogens with zero attached hydrogens (tertiary/aromatic N) is 2. The fourth-order valence-corrected chi connectivity index (χ4v) is 4.03. The highest BCUT2D eigenvalue weighted by molar-refractivity contribution is 8.18. The van der Waals surface area contributed by atoms with E-state index in [1.165, 1.54) is 30.7 Å². The molecule has 1 saturated heterocycles. The number of thioether (sulfide) groups is 1. The lowest BCUT2D eigenvalue weighted by Crippen LogP contribution is -2.21. The molecule has 2 fully saturated rings. The standard InChI is InChI=1S/C18H21N3O3S/c1-11(2)14-8-7-12(9-15(14)21(23)24)10-16-17(22)20-18(25-16)19-13-5-3-4-6-13/h7-11,13H,3-6H2,1-2H3,(H,19,20,22)/b16-10-. The van der Waals surface area contributed by atoms with Gasteiger partial charge in [0.25, 0.3) is 11.6 Å². The van der Waals surface area contributed by atoms with Gasteiger partial charge in [0.15, 0.2) is 5.17 Å². The Morgan fingerprint density at radius 1 is 1.36 bits per heavy atom. The van der Waals surface area contributed by atoms with Gasteiger partial charge in [0.05, 0.1) is 15.9 Å². The summed E-state index contributed by atoms with van der Waals surface area (Å²) in [4.78, 5) is 28.2. The van der Waals surface area contributed by atoms with Crippen molar-refractivity contribution < 1.29 is 9.72 Å². The Bertz CT molecular complexity index is 765. The molecule has 1 saturated carbocycles. The molecule has 7 heteroatoms. The van der Waals surface area contributed by atoms with Gasteiger partial charge in [-0.05, 0) is 42.2 Å². The van der Waals surface area contributed by atoms with Gasteiger partial charge in [-0.3, -0.25) is 19.9 Å². The van der Waals surface area contributed by atoms with E-state index in [1.807, 2.05) is 19.9 Å². The molecular weight excluding hydrogens is 338 g/mol. The van der Waals surface area contributed by atoms with Crippen LogP contribution in [0.2, 0.25) is 0 Å². The number of hydrogen-bond donors (Lipinski definition) is 1. The molecule has 1 aliphatic heterocycles. The number of aliphatic imine (C=N–C) groups is 1. The van der Waals surface area contributed by atoms with Crippen molar-refractivity contribution >= 4 is 34.6 Å². The van der Waals surface area contributed by atoms with Crippen LogP contribution in [0.1, 0.15) is 56.6 Å². The molecule has 3 rings (SSSR count). The summed E-state index contributed by atoms with van der Waals surface area (Å²) >= 11 is 1.31. The molecule has 1 N–H and O–H groups in total. The van der Waals surface area contributed by atoms with Gasteiger partial charge >= 0.3 is 0 Å². The lowest BCUT2D eigenvalue weighted by Gasteiger charge is -2.07. The summed E-state index contributed by atoms with van der Waals surface area (Å²) in [7, 11) is 0. The molecule has 132 valence electrons. The second-order valence-electron chi connectivity index (χ2n) is 6.67. The maximum Gasteiger partial charge on any atom is 0.273 e. The van der Waals surface area contributed by atoms with Crippen LogP contribution in [-0.2, 0) is 4.79 Å². The lowest BCUT2D eigenvalue weighted by molar-refractivity contribution is -0.385. The molecule has 25 heavy (non-hydrogen) atoms. The molecule has 1 amide bonds. The topological polar surface area (TPSA) is 84.6 Å². The summed E-state index contributed by atoms with van der Waals surface area (Å²) in [6.45, 7) is 3.85. The number of amidine groups is 1. The van der Waals surface area contributed by atoms with Crippen molar-refractivity contribution in [2.45, 2.75) is 51.5 Å². The quantitative estimate of drug-likeness (QED) is 0.495. The summed E-state index contributed by atoms with van der Waals surface area (Å²) in [6, 6.07) is 5.41. The average Bonchev–Trinajstić information content (AvgIpc) is 3.17. The first kappa shape index (κ1) is 17.7. The van der Waals surface area contributed by atoms with E-state index in [1.54, 1.807) is 12.1 Å². The number of nitrogens with one attached hydrogen (secondary N) is 1. The largest absolute Gasteiger partial charge is 0.301 e. The molecule has 0 atom stereocenters. The maximum atomic E-state index is 12.1. The smallest absolute Gasteiger partial charge is 0.273 e. The summed E-state index contributed by atoms with van der Waals surface area (Å²) in [5, 5.41) is 14.7. The third-order valence-corrected chi connectivity index (χ3v) is 5.37. The molecule has 1 aliphatic carbocycles. The SMILES string of the molecule is CC(C)c1ccc(/C=C2\SC(=NC3CCCC3)NC2=O)cc1[N+](=O)[O-]. The number of carbonyl (C=O) groups is 1. The van der Waals surface area contributed by atoms with Gasteiger partial charge < -0.3 is 5.32 Å².